The number of carboxylic acid groups (broad SMARTS) is 1. The lowest BCUT2D eigenvalue weighted by Gasteiger charge is -2.09. The van der Waals surface area contributed by atoms with Crippen LogP contribution < -0.4 is 9.46 Å². The van der Waals surface area contributed by atoms with Gasteiger partial charge >= 0.3 is 5.97 Å². The van der Waals surface area contributed by atoms with Gasteiger partial charge in [0.25, 0.3) is 0 Å². The number of benzene rings is 2. The molecular formula is C19H23NO5S. The minimum Gasteiger partial charge on any atom is -0.494 e. The van der Waals surface area contributed by atoms with Gasteiger partial charge in [-0.3, -0.25) is 0 Å². The largest absolute Gasteiger partial charge is 0.494 e. The fourth-order valence-corrected chi connectivity index (χ4v) is 3.31. The monoisotopic (exact) mass is 377 g/mol. The average molecular weight is 377 g/mol. The minimum atomic E-state index is -3.59. The SMILES string of the molecule is CCCCOc1ccc(S(=O)(=O)NCCc2ccc(C(=O)O)cc2)cc1. The van der Waals surface area contributed by atoms with Crippen LogP contribution in [0.1, 0.15) is 35.7 Å². The Labute approximate surface area is 153 Å². The van der Waals surface area contributed by atoms with Crippen molar-refractivity contribution >= 4 is 16.0 Å². The standard InChI is InChI=1S/C19H23NO5S/c1-2-3-14-25-17-8-10-18(11-9-17)26(23,24)20-13-12-15-4-6-16(7-5-15)19(21)22/h4-11,20H,2-3,12-14H2,1H3,(H,21,22). The topological polar surface area (TPSA) is 92.7 Å². The van der Waals surface area contributed by atoms with Crippen molar-refractivity contribution in [1.82, 2.24) is 4.72 Å². The summed E-state index contributed by atoms with van der Waals surface area (Å²) in [7, 11) is -3.59. The third-order valence-electron chi connectivity index (χ3n) is 3.81. The van der Waals surface area contributed by atoms with Crippen LogP contribution in [0, 0.1) is 0 Å². The number of hydrogen-bond donors (Lipinski definition) is 2. The zero-order chi connectivity index (χ0) is 19.0. The summed E-state index contributed by atoms with van der Waals surface area (Å²) in [6.45, 7) is 2.91. The highest BCUT2D eigenvalue weighted by molar-refractivity contribution is 7.89. The van der Waals surface area contributed by atoms with Gasteiger partial charge in [-0.2, -0.15) is 0 Å². The summed E-state index contributed by atoms with van der Waals surface area (Å²) in [6.07, 6.45) is 2.46. The number of nitrogens with one attached hydrogen (secondary N) is 1. The predicted octanol–water partition coefficient (Wildman–Crippen LogP) is 3.08. The van der Waals surface area contributed by atoms with Gasteiger partial charge in [-0.1, -0.05) is 25.5 Å². The number of carbonyl (C=O) groups is 1. The molecule has 2 aromatic rings. The van der Waals surface area contributed by atoms with E-state index >= 15 is 0 Å². The predicted molar refractivity (Wildman–Crippen MR) is 99.1 cm³/mol. The van der Waals surface area contributed by atoms with Gasteiger partial charge in [-0.15, -0.1) is 0 Å². The fraction of sp³-hybridized carbons (Fsp3) is 0.316. The number of carboxylic acids is 1. The van der Waals surface area contributed by atoms with Gasteiger partial charge in [-0.25, -0.2) is 17.9 Å². The number of sulfonamides is 1. The molecule has 0 aliphatic heterocycles. The van der Waals surface area contributed by atoms with Crippen LogP contribution >= 0.6 is 0 Å². The molecule has 2 rings (SSSR count). The van der Waals surface area contributed by atoms with E-state index in [1.807, 2.05) is 0 Å². The summed E-state index contributed by atoms with van der Waals surface area (Å²) < 4.78 is 32.7. The summed E-state index contributed by atoms with van der Waals surface area (Å²) in [5.41, 5.74) is 1.06. The zero-order valence-corrected chi connectivity index (χ0v) is 15.5. The van der Waals surface area contributed by atoms with Crippen LogP contribution in [0.3, 0.4) is 0 Å². The fourth-order valence-electron chi connectivity index (χ4n) is 2.28. The van der Waals surface area contributed by atoms with Crippen LogP contribution in [0.4, 0.5) is 0 Å². The molecule has 0 aliphatic rings. The Bertz CT molecular complexity index is 814. The molecule has 0 heterocycles. The molecule has 0 fully saturated rings. The molecular weight excluding hydrogens is 354 g/mol. The summed E-state index contributed by atoms with van der Waals surface area (Å²) in [5.74, 6) is -0.338. The molecule has 0 spiro atoms. The first kappa shape index (κ1) is 19.9. The maximum absolute atomic E-state index is 12.3. The maximum Gasteiger partial charge on any atom is 0.335 e. The van der Waals surface area contributed by atoms with Crippen molar-refractivity contribution in [2.75, 3.05) is 13.2 Å². The van der Waals surface area contributed by atoms with Crippen molar-refractivity contribution < 1.29 is 23.1 Å². The van der Waals surface area contributed by atoms with E-state index in [1.165, 1.54) is 24.3 Å². The lowest BCUT2D eigenvalue weighted by atomic mass is 10.1. The highest BCUT2D eigenvalue weighted by Crippen LogP contribution is 2.16. The molecule has 140 valence electrons. The van der Waals surface area contributed by atoms with Gasteiger partial charge in [0, 0.05) is 6.54 Å². The molecule has 2 N–H and O–H groups in total. The first-order chi connectivity index (χ1) is 12.4. The van der Waals surface area contributed by atoms with E-state index in [2.05, 4.69) is 11.6 Å². The number of hydrogen-bond acceptors (Lipinski definition) is 4. The zero-order valence-electron chi connectivity index (χ0n) is 14.6. The van der Waals surface area contributed by atoms with Crippen LogP contribution in [-0.4, -0.2) is 32.6 Å². The first-order valence-electron chi connectivity index (χ1n) is 8.47. The van der Waals surface area contributed by atoms with Crippen molar-refractivity contribution in [1.29, 1.82) is 0 Å². The van der Waals surface area contributed by atoms with Crippen LogP contribution in [0.5, 0.6) is 5.75 Å². The average Bonchev–Trinajstić information content (AvgIpc) is 2.63. The van der Waals surface area contributed by atoms with Crippen molar-refractivity contribution in [2.45, 2.75) is 31.1 Å². The molecule has 0 atom stereocenters. The third-order valence-corrected chi connectivity index (χ3v) is 5.28. The van der Waals surface area contributed by atoms with Crippen molar-refractivity contribution in [3.8, 4) is 5.75 Å². The molecule has 7 heteroatoms. The van der Waals surface area contributed by atoms with E-state index in [-0.39, 0.29) is 17.0 Å². The number of unbranched alkanes of at least 4 members (excludes halogenated alkanes) is 1. The van der Waals surface area contributed by atoms with Crippen LogP contribution in [0.15, 0.2) is 53.4 Å². The molecule has 0 saturated carbocycles. The lowest BCUT2D eigenvalue weighted by molar-refractivity contribution is 0.0697. The molecule has 26 heavy (non-hydrogen) atoms. The van der Waals surface area contributed by atoms with E-state index in [0.29, 0.717) is 18.8 Å². The second kappa shape index (κ2) is 9.35. The Hall–Kier alpha value is -2.38. The molecule has 0 radical (unpaired) electrons. The summed E-state index contributed by atoms with van der Waals surface area (Å²) >= 11 is 0. The Morgan fingerprint density at radius 2 is 1.73 bits per heavy atom. The lowest BCUT2D eigenvalue weighted by Crippen LogP contribution is -2.26. The second-order valence-electron chi connectivity index (χ2n) is 5.82. The Kier molecular flexibility index (Phi) is 7.17. The van der Waals surface area contributed by atoms with Crippen LogP contribution in [0.2, 0.25) is 0 Å². The first-order valence-corrected chi connectivity index (χ1v) is 9.95. The number of ether oxygens (including phenoxy) is 1. The maximum atomic E-state index is 12.3. The van der Waals surface area contributed by atoms with Crippen molar-refractivity contribution in [3.05, 3.63) is 59.7 Å². The number of aromatic carboxylic acids is 1. The highest BCUT2D eigenvalue weighted by atomic mass is 32.2. The van der Waals surface area contributed by atoms with Crippen LogP contribution in [-0.2, 0) is 16.4 Å². The van der Waals surface area contributed by atoms with Gasteiger partial charge in [-0.05, 0) is 54.8 Å². The van der Waals surface area contributed by atoms with E-state index in [9.17, 15) is 13.2 Å². The molecule has 0 unspecified atom stereocenters. The summed E-state index contributed by atoms with van der Waals surface area (Å²) in [4.78, 5) is 11.0. The number of rotatable bonds is 10. The molecule has 0 saturated heterocycles. The Balaban J connectivity index is 1.88. The van der Waals surface area contributed by atoms with E-state index in [1.54, 1.807) is 24.3 Å². The second-order valence-corrected chi connectivity index (χ2v) is 7.59. The van der Waals surface area contributed by atoms with Crippen molar-refractivity contribution in [3.63, 3.8) is 0 Å². The highest BCUT2D eigenvalue weighted by Gasteiger charge is 2.13. The summed E-state index contributed by atoms with van der Waals surface area (Å²) in [5, 5.41) is 8.86. The Morgan fingerprint density at radius 3 is 2.31 bits per heavy atom. The Morgan fingerprint density at radius 1 is 1.08 bits per heavy atom. The molecule has 2 aromatic carbocycles. The van der Waals surface area contributed by atoms with Gasteiger partial charge in [0.05, 0.1) is 17.1 Å². The van der Waals surface area contributed by atoms with Gasteiger partial charge in [0.15, 0.2) is 0 Å². The molecule has 6 nitrogen and oxygen atoms in total. The normalized spacial score (nSPS) is 11.3. The molecule has 0 aliphatic carbocycles. The summed E-state index contributed by atoms with van der Waals surface area (Å²) in [6, 6.07) is 12.7. The third kappa shape index (κ3) is 5.86. The minimum absolute atomic E-state index is 0.182. The van der Waals surface area contributed by atoms with Gasteiger partial charge in [0.2, 0.25) is 10.0 Å². The van der Waals surface area contributed by atoms with Crippen LogP contribution in [0.25, 0.3) is 0 Å². The smallest absolute Gasteiger partial charge is 0.335 e. The molecule has 0 aromatic heterocycles. The van der Waals surface area contributed by atoms with Gasteiger partial charge in [0.1, 0.15) is 5.75 Å². The van der Waals surface area contributed by atoms with E-state index in [4.69, 9.17) is 9.84 Å². The molecule has 0 amide bonds. The van der Waals surface area contributed by atoms with Gasteiger partial charge < -0.3 is 9.84 Å². The van der Waals surface area contributed by atoms with E-state index < -0.39 is 16.0 Å². The quantitative estimate of drug-likeness (QED) is 0.621. The van der Waals surface area contributed by atoms with E-state index in [0.717, 1.165) is 18.4 Å². The van der Waals surface area contributed by atoms with Crippen molar-refractivity contribution in [2.24, 2.45) is 0 Å². The molecule has 0 bridgehead atoms.